The second-order valence-electron chi connectivity index (χ2n) is 8.34. The summed E-state index contributed by atoms with van der Waals surface area (Å²) in [4.78, 5) is 24.0. The Morgan fingerprint density at radius 1 is 1.09 bits per heavy atom. The topological polar surface area (TPSA) is 81.7 Å². The highest BCUT2D eigenvalue weighted by Gasteiger charge is 2.47. The number of fused-ring (bicyclic) bond motifs is 1. The zero-order valence-corrected chi connectivity index (χ0v) is 18.1. The van der Waals surface area contributed by atoms with Gasteiger partial charge in [-0.15, -0.1) is 0 Å². The number of hydrogen-bond donors (Lipinski definition) is 3. The van der Waals surface area contributed by atoms with Crippen molar-refractivity contribution in [1.82, 2.24) is 15.2 Å². The predicted octanol–water partition coefficient (Wildman–Crippen LogP) is 4.01. The van der Waals surface area contributed by atoms with Gasteiger partial charge in [0.2, 0.25) is 0 Å². The van der Waals surface area contributed by atoms with Crippen molar-refractivity contribution in [2.24, 2.45) is 4.99 Å². The maximum atomic E-state index is 13.1. The average molecular weight is 445 g/mol. The summed E-state index contributed by atoms with van der Waals surface area (Å²) in [7, 11) is 0. The molecule has 2 amide bonds. The number of nitrogens with one attached hydrogen (secondary N) is 3. The molecule has 8 heteroatoms. The van der Waals surface area contributed by atoms with Crippen LogP contribution in [-0.4, -0.2) is 40.4 Å². The third-order valence-corrected chi connectivity index (χ3v) is 6.05. The Kier molecular flexibility index (Phi) is 5.64. The normalized spacial score (nSPS) is 20.3. The molecule has 3 N–H and O–H groups in total. The molecule has 2 aliphatic rings. The van der Waals surface area contributed by atoms with Gasteiger partial charge in [-0.2, -0.15) is 0 Å². The lowest BCUT2D eigenvalue weighted by Crippen LogP contribution is -2.55. The minimum atomic E-state index is -0.516. The quantitative estimate of drug-likeness (QED) is 0.568. The summed E-state index contributed by atoms with van der Waals surface area (Å²) in [6.45, 7) is 1.93. The van der Waals surface area contributed by atoms with Crippen LogP contribution in [0.5, 0.6) is 0 Å². The van der Waals surface area contributed by atoms with Crippen LogP contribution in [0, 0.1) is 5.82 Å². The van der Waals surface area contributed by atoms with Gasteiger partial charge in [0.25, 0.3) is 0 Å². The summed E-state index contributed by atoms with van der Waals surface area (Å²) in [5.74, 6) is 1.22. The van der Waals surface area contributed by atoms with Gasteiger partial charge in [-0.25, -0.2) is 14.2 Å². The minimum absolute atomic E-state index is 0.155. The minimum Gasteiger partial charge on any atom is -0.368 e. The second kappa shape index (κ2) is 8.90. The van der Waals surface area contributed by atoms with Crippen molar-refractivity contribution in [2.45, 2.75) is 25.0 Å². The molecule has 0 radical (unpaired) electrons. The fraction of sp³-hybridized carbons (Fsp3) is 0.240. The number of pyridine rings is 1. The monoisotopic (exact) mass is 444 g/mol. The molecule has 5 rings (SSSR count). The van der Waals surface area contributed by atoms with Gasteiger partial charge in [0.05, 0.1) is 18.8 Å². The van der Waals surface area contributed by atoms with Crippen molar-refractivity contribution in [3.05, 3.63) is 89.9 Å². The van der Waals surface area contributed by atoms with Gasteiger partial charge in [-0.3, -0.25) is 4.99 Å². The number of amidine groups is 1. The molecule has 3 aromatic rings. The molecule has 1 fully saturated rings. The lowest BCUT2D eigenvalue weighted by molar-refractivity contribution is 0.207. The van der Waals surface area contributed by atoms with Gasteiger partial charge in [-0.05, 0) is 41.8 Å². The number of hydrogen-bond acceptors (Lipinski definition) is 4. The van der Waals surface area contributed by atoms with Crippen LogP contribution in [0.2, 0.25) is 0 Å². The smallest absolute Gasteiger partial charge is 0.317 e. The molecule has 3 heterocycles. The van der Waals surface area contributed by atoms with Gasteiger partial charge < -0.3 is 20.9 Å². The molecule has 2 aromatic carbocycles. The molecular formula is C25H25FN6O. The highest BCUT2D eigenvalue weighted by Crippen LogP contribution is 2.35. The number of aliphatic imine (C=N–C) groups is 1. The lowest BCUT2D eigenvalue weighted by Gasteiger charge is -2.38. The number of rotatable bonds is 4. The molecular weight excluding hydrogens is 419 g/mol. The maximum Gasteiger partial charge on any atom is 0.317 e. The average Bonchev–Trinajstić information content (AvgIpc) is 3.27. The fourth-order valence-corrected chi connectivity index (χ4v) is 4.27. The van der Waals surface area contributed by atoms with Crippen LogP contribution < -0.4 is 16.0 Å². The van der Waals surface area contributed by atoms with Crippen LogP contribution >= 0.6 is 0 Å². The fourth-order valence-electron chi connectivity index (χ4n) is 4.27. The molecule has 2 aliphatic heterocycles. The Balaban J connectivity index is 1.33. The van der Waals surface area contributed by atoms with Gasteiger partial charge in [-0.1, -0.05) is 42.5 Å². The molecule has 1 saturated heterocycles. The molecule has 1 aromatic heterocycles. The molecule has 0 aliphatic carbocycles. The van der Waals surface area contributed by atoms with Crippen molar-refractivity contribution in [1.29, 1.82) is 0 Å². The van der Waals surface area contributed by atoms with E-state index < -0.39 is 5.54 Å². The first kappa shape index (κ1) is 20.9. The summed E-state index contributed by atoms with van der Waals surface area (Å²) < 4.78 is 13.1. The Bertz CT molecular complexity index is 1170. The Morgan fingerprint density at radius 2 is 1.91 bits per heavy atom. The number of urea groups is 1. The number of nitrogens with zero attached hydrogens (tertiary/aromatic N) is 3. The predicted molar refractivity (Wildman–Crippen MR) is 127 cm³/mol. The highest BCUT2D eigenvalue weighted by molar-refractivity contribution is 6.09. The van der Waals surface area contributed by atoms with E-state index in [0.29, 0.717) is 32.6 Å². The molecule has 1 unspecified atom stereocenters. The van der Waals surface area contributed by atoms with E-state index in [2.05, 4.69) is 20.9 Å². The number of carbonyl (C=O) groups excluding carboxylic acids is 1. The summed E-state index contributed by atoms with van der Waals surface area (Å²) in [5.41, 5.74) is 2.34. The zero-order valence-electron chi connectivity index (χ0n) is 18.1. The Labute approximate surface area is 191 Å². The van der Waals surface area contributed by atoms with Crippen LogP contribution in [0.1, 0.15) is 17.5 Å². The molecule has 0 bridgehead atoms. The summed E-state index contributed by atoms with van der Waals surface area (Å²) in [6.07, 6.45) is 2.45. The SMILES string of the molecule is O=C(NCc1ccc(F)cc1)N1CCC2(C1)Nc1cccnc1NC2=NCc1ccccc1. The molecule has 0 saturated carbocycles. The van der Waals surface area contributed by atoms with E-state index in [9.17, 15) is 9.18 Å². The standard InChI is InChI=1S/C25H25FN6O/c26-20-10-8-19(9-11-20)16-29-24(33)32-14-12-25(17-32)23(28-15-18-5-2-1-3-6-18)30-22-21(31-25)7-4-13-27-22/h1-11,13,31H,12,14-17H2,(H,29,33)(H,27,28,30). The van der Waals surface area contributed by atoms with Crippen molar-refractivity contribution in [3.63, 3.8) is 0 Å². The Morgan fingerprint density at radius 3 is 2.73 bits per heavy atom. The molecule has 168 valence electrons. The van der Waals surface area contributed by atoms with Gasteiger partial charge in [0.1, 0.15) is 17.2 Å². The number of carbonyl (C=O) groups is 1. The molecule has 7 nitrogen and oxygen atoms in total. The van der Waals surface area contributed by atoms with Gasteiger partial charge >= 0.3 is 6.03 Å². The first-order chi connectivity index (χ1) is 16.1. The maximum absolute atomic E-state index is 13.1. The number of anilines is 2. The first-order valence-corrected chi connectivity index (χ1v) is 11.0. The highest BCUT2D eigenvalue weighted by atomic mass is 19.1. The summed E-state index contributed by atoms with van der Waals surface area (Å²) in [5, 5.41) is 9.95. The Hall–Kier alpha value is -3.94. The van der Waals surface area contributed by atoms with Crippen LogP contribution in [0.3, 0.4) is 0 Å². The van der Waals surface area contributed by atoms with Crippen molar-refractivity contribution < 1.29 is 9.18 Å². The summed E-state index contributed by atoms with van der Waals surface area (Å²) >= 11 is 0. The van der Waals surface area contributed by atoms with E-state index in [4.69, 9.17) is 4.99 Å². The molecule has 1 atom stereocenters. The van der Waals surface area contributed by atoms with Crippen molar-refractivity contribution in [2.75, 3.05) is 23.7 Å². The van der Waals surface area contributed by atoms with Gasteiger partial charge in [0.15, 0.2) is 5.82 Å². The van der Waals surface area contributed by atoms with E-state index >= 15 is 0 Å². The summed E-state index contributed by atoms with van der Waals surface area (Å²) in [6, 6.07) is 19.9. The molecule has 33 heavy (non-hydrogen) atoms. The molecule has 1 spiro atoms. The number of aromatic nitrogens is 1. The van der Waals surface area contributed by atoms with E-state index in [1.807, 2.05) is 42.5 Å². The van der Waals surface area contributed by atoms with Crippen LogP contribution in [0.15, 0.2) is 77.9 Å². The number of benzene rings is 2. The van der Waals surface area contributed by atoms with E-state index in [1.165, 1.54) is 12.1 Å². The number of amides is 2. The first-order valence-electron chi connectivity index (χ1n) is 11.0. The van der Waals surface area contributed by atoms with E-state index in [0.717, 1.165) is 28.5 Å². The largest absolute Gasteiger partial charge is 0.368 e. The lowest BCUT2D eigenvalue weighted by atomic mass is 9.93. The number of halogens is 1. The zero-order chi connectivity index (χ0) is 22.7. The van der Waals surface area contributed by atoms with Crippen LogP contribution in [-0.2, 0) is 13.1 Å². The number of likely N-dealkylation sites (tertiary alicyclic amines) is 1. The second-order valence-corrected chi connectivity index (χ2v) is 8.34. The van der Waals surface area contributed by atoms with Crippen LogP contribution in [0.25, 0.3) is 0 Å². The third-order valence-electron chi connectivity index (χ3n) is 6.05. The van der Waals surface area contributed by atoms with Crippen molar-refractivity contribution >= 4 is 23.4 Å². The van der Waals surface area contributed by atoms with Gasteiger partial charge in [0, 0.05) is 19.3 Å². The van der Waals surface area contributed by atoms with E-state index in [-0.39, 0.29) is 11.8 Å². The van der Waals surface area contributed by atoms with E-state index in [1.54, 1.807) is 23.2 Å². The van der Waals surface area contributed by atoms with Crippen LogP contribution in [0.4, 0.5) is 20.7 Å². The third kappa shape index (κ3) is 4.50. The van der Waals surface area contributed by atoms with Crippen molar-refractivity contribution in [3.8, 4) is 0 Å².